The molecular formula is C25H34IN5O. The van der Waals surface area contributed by atoms with Crippen LogP contribution in [0.2, 0.25) is 0 Å². The molecule has 3 N–H and O–H groups in total. The standard InChI is InChI=1S/C25H33N5O.HI/c1-5-19-12-9-13-22-21(16-27-24(19)22)14-15-26-25(28-17-23(31)30(3)4)29-18(2)20-10-7-6-8-11-20;/h6-13,16,18,27H,5,14-15,17H2,1-4H3,(H2,26,28,29);1H. The van der Waals surface area contributed by atoms with Crippen LogP contribution in [0.5, 0.6) is 0 Å². The Bertz CT molecular complexity index is 1030. The van der Waals surface area contributed by atoms with E-state index in [4.69, 9.17) is 0 Å². The molecule has 0 saturated carbocycles. The fraction of sp³-hybridized carbons (Fsp3) is 0.360. The predicted molar refractivity (Wildman–Crippen MR) is 144 cm³/mol. The molecule has 6 nitrogen and oxygen atoms in total. The number of likely N-dealkylation sites (N-methyl/N-ethyl adjacent to an activating group) is 1. The third-order valence-electron chi connectivity index (χ3n) is 5.48. The summed E-state index contributed by atoms with van der Waals surface area (Å²) in [4.78, 5) is 21.5. The van der Waals surface area contributed by atoms with Crippen LogP contribution in [0.3, 0.4) is 0 Å². The molecule has 172 valence electrons. The summed E-state index contributed by atoms with van der Waals surface area (Å²) in [7, 11) is 3.49. The van der Waals surface area contributed by atoms with Crippen LogP contribution in [-0.4, -0.2) is 48.9 Å². The van der Waals surface area contributed by atoms with Crippen LogP contribution < -0.4 is 10.6 Å². The highest BCUT2D eigenvalue weighted by atomic mass is 127. The number of para-hydroxylation sites is 1. The van der Waals surface area contributed by atoms with Gasteiger partial charge < -0.3 is 20.5 Å². The number of hydrogen-bond acceptors (Lipinski definition) is 2. The molecule has 0 saturated heterocycles. The molecule has 1 atom stereocenters. The number of halogens is 1. The first-order valence-corrected chi connectivity index (χ1v) is 10.9. The minimum absolute atomic E-state index is 0. The van der Waals surface area contributed by atoms with Gasteiger partial charge in [-0.25, -0.2) is 4.99 Å². The average molecular weight is 547 g/mol. The Hall–Kier alpha value is -2.55. The molecule has 1 amide bonds. The summed E-state index contributed by atoms with van der Waals surface area (Å²) in [5.41, 5.74) is 5.00. The van der Waals surface area contributed by atoms with Crippen LogP contribution in [0.4, 0.5) is 0 Å². The Morgan fingerprint density at radius 1 is 1.09 bits per heavy atom. The van der Waals surface area contributed by atoms with Gasteiger partial charge in [-0.05, 0) is 36.5 Å². The fourth-order valence-corrected chi connectivity index (χ4v) is 3.56. The van der Waals surface area contributed by atoms with Gasteiger partial charge >= 0.3 is 0 Å². The zero-order valence-electron chi connectivity index (χ0n) is 19.3. The zero-order chi connectivity index (χ0) is 22.2. The lowest BCUT2D eigenvalue weighted by Crippen LogP contribution is -2.40. The molecule has 1 unspecified atom stereocenters. The van der Waals surface area contributed by atoms with E-state index in [-0.39, 0.29) is 42.5 Å². The molecule has 0 aliphatic heterocycles. The van der Waals surface area contributed by atoms with Crippen molar-refractivity contribution in [2.45, 2.75) is 32.7 Å². The van der Waals surface area contributed by atoms with Gasteiger partial charge in [0.2, 0.25) is 5.91 Å². The van der Waals surface area contributed by atoms with Gasteiger partial charge in [0, 0.05) is 37.7 Å². The molecule has 1 heterocycles. The van der Waals surface area contributed by atoms with Gasteiger partial charge in [0.05, 0.1) is 6.04 Å². The fourth-order valence-electron chi connectivity index (χ4n) is 3.56. The van der Waals surface area contributed by atoms with Crippen molar-refractivity contribution in [3.05, 3.63) is 71.4 Å². The highest BCUT2D eigenvalue weighted by Gasteiger charge is 2.11. The molecule has 0 aliphatic carbocycles. The number of benzene rings is 2. The van der Waals surface area contributed by atoms with Crippen molar-refractivity contribution < 1.29 is 4.79 Å². The number of guanidine groups is 1. The van der Waals surface area contributed by atoms with Crippen LogP contribution in [0.1, 0.15) is 36.6 Å². The van der Waals surface area contributed by atoms with Gasteiger partial charge in [-0.1, -0.05) is 55.5 Å². The topological polar surface area (TPSA) is 72.5 Å². The second kappa shape index (κ2) is 12.5. The summed E-state index contributed by atoms with van der Waals surface area (Å²) in [6.07, 6.45) is 3.96. The zero-order valence-corrected chi connectivity index (χ0v) is 21.6. The number of aliphatic imine (C=N–C) groups is 1. The van der Waals surface area contributed by atoms with Crippen molar-refractivity contribution in [2.24, 2.45) is 4.99 Å². The van der Waals surface area contributed by atoms with E-state index in [1.807, 2.05) is 18.2 Å². The highest BCUT2D eigenvalue weighted by molar-refractivity contribution is 14.0. The molecule has 7 heteroatoms. The quantitative estimate of drug-likeness (QED) is 0.224. The lowest BCUT2D eigenvalue weighted by molar-refractivity contribution is -0.127. The number of nitrogens with one attached hydrogen (secondary N) is 3. The number of nitrogens with zero attached hydrogens (tertiary/aromatic N) is 2. The van der Waals surface area contributed by atoms with Gasteiger partial charge in [0.1, 0.15) is 6.54 Å². The smallest absolute Gasteiger partial charge is 0.243 e. The van der Waals surface area contributed by atoms with Crippen molar-refractivity contribution in [1.29, 1.82) is 0 Å². The van der Waals surface area contributed by atoms with Gasteiger partial charge in [-0.15, -0.1) is 24.0 Å². The van der Waals surface area contributed by atoms with E-state index in [1.54, 1.807) is 19.0 Å². The number of H-pyrrole nitrogens is 1. The van der Waals surface area contributed by atoms with E-state index >= 15 is 0 Å². The van der Waals surface area contributed by atoms with Crippen LogP contribution in [0.25, 0.3) is 10.9 Å². The van der Waals surface area contributed by atoms with Crippen LogP contribution in [-0.2, 0) is 17.6 Å². The third-order valence-corrected chi connectivity index (χ3v) is 5.48. The maximum absolute atomic E-state index is 12.0. The number of aromatic nitrogens is 1. The number of carbonyl (C=O) groups excluding carboxylic acids is 1. The average Bonchev–Trinajstić information content (AvgIpc) is 3.20. The molecule has 0 spiro atoms. The molecule has 0 radical (unpaired) electrons. The van der Waals surface area contributed by atoms with E-state index in [9.17, 15) is 4.79 Å². The summed E-state index contributed by atoms with van der Waals surface area (Å²) >= 11 is 0. The summed E-state index contributed by atoms with van der Waals surface area (Å²) in [6, 6.07) is 16.7. The lowest BCUT2D eigenvalue weighted by Gasteiger charge is -2.19. The molecule has 0 aliphatic rings. The molecule has 0 fully saturated rings. The number of rotatable bonds is 8. The second-order valence-electron chi connectivity index (χ2n) is 7.91. The van der Waals surface area contributed by atoms with E-state index in [1.165, 1.54) is 27.6 Å². The molecule has 3 aromatic rings. The number of aryl methyl sites for hydroxylation is 1. The van der Waals surface area contributed by atoms with E-state index in [0.717, 1.165) is 12.8 Å². The largest absolute Gasteiger partial charge is 0.361 e. The number of aromatic amines is 1. The minimum atomic E-state index is -0.0304. The molecule has 2 aromatic carbocycles. The maximum atomic E-state index is 12.0. The monoisotopic (exact) mass is 547 g/mol. The Kier molecular flexibility index (Phi) is 10.0. The van der Waals surface area contributed by atoms with Gasteiger partial charge in [-0.3, -0.25) is 4.79 Å². The Labute approximate surface area is 207 Å². The predicted octanol–water partition coefficient (Wildman–Crippen LogP) is 4.28. The highest BCUT2D eigenvalue weighted by Crippen LogP contribution is 2.22. The number of hydrogen-bond donors (Lipinski definition) is 3. The normalized spacial score (nSPS) is 12.2. The first kappa shape index (κ1) is 25.7. The number of amides is 1. The third kappa shape index (κ3) is 6.72. The van der Waals surface area contributed by atoms with E-state index in [0.29, 0.717) is 12.5 Å². The summed E-state index contributed by atoms with van der Waals surface area (Å²) in [6.45, 7) is 5.09. The van der Waals surface area contributed by atoms with Gasteiger partial charge in [0.15, 0.2) is 5.96 Å². The second-order valence-corrected chi connectivity index (χ2v) is 7.91. The van der Waals surface area contributed by atoms with Crippen LogP contribution >= 0.6 is 24.0 Å². The van der Waals surface area contributed by atoms with Crippen molar-refractivity contribution >= 4 is 46.7 Å². The summed E-state index contributed by atoms with van der Waals surface area (Å²) in [5.74, 6) is 0.609. The summed E-state index contributed by atoms with van der Waals surface area (Å²) in [5, 5.41) is 8.10. The first-order valence-electron chi connectivity index (χ1n) is 10.9. The Morgan fingerprint density at radius 3 is 2.53 bits per heavy atom. The van der Waals surface area contributed by atoms with Crippen LogP contribution in [0.15, 0.2) is 59.7 Å². The number of fused-ring (bicyclic) bond motifs is 1. The van der Waals surface area contributed by atoms with Crippen molar-refractivity contribution in [3.8, 4) is 0 Å². The molecule has 3 rings (SSSR count). The van der Waals surface area contributed by atoms with Crippen molar-refractivity contribution in [1.82, 2.24) is 20.5 Å². The Morgan fingerprint density at radius 2 is 1.84 bits per heavy atom. The van der Waals surface area contributed by atoms with Gasteiger partial charge in [-0.2, -0.15) is 0 Å². The molecule has 0 bridgehead atoms. The minimum Gasteiger partial charge on any atom is -0.361 e. The first-order chi connectivity index (χ1) is 15.0. The lowest BCUT2D eigenvalue weighted by atomic mass is 10.1. The van der Waals surface area contributed by atoms with E-state index < -0.39 is 0 Å². The molecular weight excluding hydrogens is 513 g/mol. The molecule has 1 aromatic heterocycles. The number of carbonyl (C=O) groups is 1. The maximum Gasteiger partial charge on any atom is 0.243 e. The Balaban J connectivity index is 0.00000363. The summed E-state index contributed by atoms with van der Waals surface area (Å²) < 4.78 is 0. The van der Waals surface area contributed by atoms with Crippen molar-refractivity contribution in [3.63, 3.8) is 0 Å². The molecule has 32 heavy (non-hydrogen) atoms. The van der Waals surface area contributed by atoms with Crippen molar-refractivity contribution in [2.75, 3.05) is 27.2 Å². The van der Waals surface area contributed by atoms with Gasteiger partial charge in [0.25, 0.3) is 0 Å². The van der Waals surface area contributed by atoms with Crippen LogP contribution in [0, 0.1) is 0 Å². The SMILES string of the molecule is CCc1cccc2c(CCNC(=NCC(=O)N(C)C)NC(C)c3ccccc3)c[nH]c12.I. The van der Waals surface area contributed by atoms with E-state index in [2.05, 4.69) is 71.0 Å².